The third-order valence-corrected chi connectivity index (χ3v) is 7.05. The first kappa shape index (κ1) is 17.7. The Bertz CT molecular complexity index is 462. The smallest absolute Gasteiger partial charge is 0.282 e. The lowest BCUT2D eigenvalue weighted by Gasteiger charge is -2.38. The molecule has 1 aliphatic heterocycles. The van der Waals surface area contributed by atoms with Crippen molar-refractivity contribution in [1.29, 1.82) is 0 Å². The minimum Gasteiger partial charge on any atom is -0.340 e. The second-order valence-corrected chi connectivity index (χ2v) is 8.08. The van der Waals surface area contributed by atoms with Gasteiger partial charge in [0.2, 0.25) is 5.91 Å². The Morgan fingerprint density at radius 2 is 1.55 bits per heavy atom. The first-order chi connectivity index (χ1) is 10.5. The average Bonchev–Trinajstić information content (AvgIpc) is 2.56. The lowest BCUT2D eigenvalue weighted by atomic mass is 9.88. The first-order valence-corrected chi connectivity index (χ1v) is 9.94. The van der Waals surface area contributed by atoms with Crippen LogP contribution in [0.2, 0.25) is 0 Å². The van der Waals surface area contributed by atoms with Crippen LogP contribution in [0, 0.1) is 5.92 Å². The van der Waals surface area contributed by atoms with Crippen LogP contribution in [0.25, 0.3) is 0 Å². The Kier molecular flexibility index (Phi) is 6.23. The van der Waals surface area contributed by atoms with Gasteiger partial charge >= 0.3 is 0 Å². The van der Waals surface area contributed by atoms with Crippen LogP contribution in [0.4, 0.5) is 0 Å². The average molecular weight is 331 g/mol. The van der Waals surface area contributed by atoms with E-state index < -0.39 is 10.2 Å². The van der Waals surface area contributed by atoms with Gasteiger partial charge in [-0.05, 0) is 12.8 Å². The molecule has 2 fully saturated rings. The molecule has 0 aromatic carbocycles. The van der Waals surface area contributed by atoms with E-state index in [1.54, 1.807) is 0 Å². The van der Waals surface area contributed by atoms with Crippen LogP contribution < -0.4 is 0 Å². The third kappa shape index (κ3) is 3.81. The fourth-order valence-electron chi connectivity index (χ4n) is 3.46. The van der Waals surface area contributed by atoms with E-state index in [2.05, 4.69) is 0 Å². The summed E-state index contributed by atoms with van der Waals surface area (Å²) < 4.78 is 27.9. The van der Waals surface area contributed by atoms with Crippen LogP contribution in [0.5, 0.6) is 0 Å². The molecule has 2 rings (SSSR count). The molecule has 0 bridgehead atoms. The maximum absolute atomic E-state index is 12.5. The van der Waals surface area contributed by atoms with Crippen molar-refractivity contribution in [2.45, 2.75) is 46.0 Å². The molecule has 0 spiro atoms. The number of rotatable bonds is 5. The molecule has 0 radical (unpaired) electrons. The quantitative estimate of drug-likeness (QED) is 0.763. The number of piperazine rings is 1. The van der Waals surface area contributed by atoms with Gasteiger partial charge in [0.25, 0.3) is 10.2 Å². The van der Waals surface area contributed by atoms with Crippen molar-refractivity contribution in [2.24, 2.45) is 5.92 Å². The normalized spacial score (nSPS) is 22.2. The summed E-state index contributed by atoms with van der Waals surface area (Å²) in [6, 6.07) is 0. The van der Waals surface area contributed by atoms with Gasteiger partial charge in [-0.1, -0.05) is 33.1 Å². The summed E-state index contributed by atoms with van der Waals surface area (Å²) in [6.45, 7) is 6.55. The van der Waals surface area contributed by atoms with Crippen LogP contribution >= 0.6 is 0 Å². The number of carbonyl (C=O) groups excluding carboxylic acids is 1. The highest BCUT2D eigenvalue weighted by Crippen LogP contribution is 2.26. The molecule has 1 amide bonds. The molecule has 2 aliphatic rings. The molecule has 1 heterocycles. The summed E-state index contributed by atoms with van der Waals surface area (Å²) in [5, 5.41) is 0. The molecule has 0 aromatic heterocycles. The second-order valence-electron chi connectivity index (χ2n) is 6.15. The first-order valence-electron chi connectivity index (χ1n) is 8.54. The number of hydrogen-bond acceptors (Lipinski definition) is 3. The van der Waals surface area contributed by atoms with E-state index in [-0.39, 0.29) is 11.8 Å². The molecular formula is C15H29N3O3S. The van der Waals surface area contributed by atoms with E-state index in [9.17, 15) is 13.2 Å². The van der Waals surface area contributed by atoms with Crippen molar-refractivity contribution in [3.05, 3.63) is 0 Å². The fraction of sp³-hybridized carbons (Fsp3) is 0.933. The summed E-state index contributed by atoms with van der Waals surface area (Å²) in [7, 11) is -3.37. The van der Waals surface area contributed by atoms with Gasteiger partial charge in [0, 0.05) is 45.2 Å². The van der Waals surface area contributed by atoms with Crippen LogP contribution in [0.1, 0.15) is 46.0 Å². The van der Waals surface area contributed by atoms with Crippen LogP contribution in [0.3, 0.4) is 0 Å². The SMILES string of the molecule is CCN(CC)S(=O)(=O)N1CCN(C(=O)C2CCCCC2)CC1. The van der Waals surface area contributed by atoms with Crippen LogP contribution in [-0.2, 0) is 15.0 Å². The predicted molar refractivity (Wildman–Crippen MR) is 86.6 cm³/mol. The third-order valence-electron chi connectivity index (χ3n) is 4.86. The zero-order valence-electron chi connectivity index (χ0n) is 13.8. The Morgan fingerprint density at radius 3 is 2.05 bits per heavy atom. The minimum atomic E-state index is -3.37. The summed E-state index contributed by atoms with van der Waals surface area (Å²) >= 11 is 0. The Hall–Kier alpha value is -0.660. The van der Waals surface area contributed by atoms with E-state index in [4.69, 9.17) is 0 Å². The maximum Gasteiger partial charge on any atom is 0.282 e. The van der Waals surface area contributed by atoms with Crippen molar-refractivity contribution in [1.82, 2.24) is 13.5 Å². The molecule has 6 nitrogen and oxygen atoms in total. The largest absolute Gasteiger partial charge is 0.340 e. The molecule has 0 unspecified atom stereocenters. The highest BCUT2D eigenvalue weighted by atomic mass is 32.2. The van der Waals surface area contributed by atoms with Gasteiger partial charge in [-0.2, -0.15) is 17.0 Å². The second kappa shape index (κ2) is 7.75. The van der Waals surface area contributed by atoms with Crippen molar-refractivity contribution in [3.8, 4) is 0 Å². The summed E-state index contributed by atoms with van der Waals surface area (Å²) in [5.41, 5.74) is 0. The van der Waals surface area contributed by atoms with Gasteiger partial charge in [0.05, 0.1) is 0 Å². The lowest BCUT2D eigenvalue weighted by Crippen LogP contribution is -2.55. The lowest BCUT2D eigenvalue weighted by molar-refractivity contribution is -0.137. The van der Waals surface area contributed by atoms with Crippen molar-refractivity contribution < 1.29 is 13.2 Å². The number of hydrogen-bond donors (Lipinski definition) is 0. The van der Waals surface area contributed by atoms with Gasteiger partial charge < -0.3 is 4.90 Å². The van der Waals surface area contributed by atoms with Gasteiger partial charge in [0.1, 0.15) is 0 Å². The van der Waals surface area contributed by atoms with Crippen LogP contribution in [-0.4, -0.2) is 67.1 Å². The fourth-order valence-corrected chi connectivity index (χ4v) is 5.06. The topological polar surface area (TPSA) is 60.9 Å². The Labute approximate surface area is 134 Å². The monoisotopic (exact) mass is 331 g/mol. The summed E-state index contributed by atoms with van der Waals surface area (Å²) in [4.78, 5) is 14.4. The van der Waals surface area contributed by atoms with Gasteiger partial charge in [0.15, 0.2) is 0 Å². The maximum atomic E-state index is 12.5. The number of carbonyl (C=O) groups is 1. The van der Waals surface area contributed by atoms with Crippen molar-refractivity contribution in [2.75, 3.05) is 39.3 Å². The molecule has 128 valence electrons. The van der Waals surface area contributed by atoms with Gasteiger partial charge in [-0.25, -0.2) is 0 Å². The molecule has 7 heteroatoms. The Morgan fingerprint density at radius 1 is 1.00 bits per heavy atom. The molecular weight excluding hydrogens is 302 g/mol. The standard InChI is InChI=1S/C15H29N3O3S/c1-3-17(4-2)22(20,21)18-12-10-16(11-13-18)15(19)14-8-6-5-7-9-14/h14H,3-13H2,1-2H3. The molecule has 0 N–H and O–H groups in total. The predicted octanol–water partition coefficient (Wildman–Crippen LogP) is 1.30. The van der Waals surface area contributed by atoms with Crippen molar-refractivity contribution in [3.63, 3.8) is 0 Å². The molecule has 22 heavy (non-hydrogen) atoms. The molecule has 1 saturated carbocycles. The van der Waals surface area contributed by atoms with Gasteiger partial charge in [-0.3, -0.25) is 4.79 Å². The summed E-state index contributed by atoms with van der Waals surface area (Å²) in [5.74, 6) is 0.402. The molecule has 0 aromatic rings. The molecule has 0 atom stereocenters. The number of nitrogens with zero attached hydrogens (tertiary/aromatic N) is 3. The zero-order valence-corrected chi connectivity index (χ0v) is 14.6. The van der Waals surface area contributed by atoms with Gasteiger partial charge in [-0.15, -0.1) is 0 Å². The highest BCUT2D eigenvalue weighted by Gasteiger charge is 2.34. The highest BCUT2D eigenvalue weighted by molar-refractivity contribution is 7.86. The number of amides is 1. The molecule has 1 aliphatic carbocycles. The van der Waals surface area contributed by atoms with E-state index in [0.29, 0.717) is 39.3 Å². The van der Waals surface area contributed by atoms with E-state index in [1.165, 1.54) is 15.0 Å². The zero-order chi connectivity index (χ0) is 16.2. The van der Waals surface area contributed by atoms with E-state index in [0.717, 1.165) is 25.7 Å². The van der Waals surface area contributed by atoms with E-state index >= 15 is 0 Å². The molecule has 1 saturated heterocycles. The van der Waals surface area contributed by atoms with Crippen LogP contribution in [0.15, 0.2) is 0 Å². The minimum absolute atomic E-state index is 0.166. The summed E-state index contributed by atoms with van der Waals surface area (Å²) in [6.07, 6.45) is 5.52. The Balaban J connectivity index is 1.91. The van der Waals surface area contributed by atoms with Crippen molar-refractivity contribution >= 4 is 16.1 Å². The van der Waals surface area contributed by atoms with E-state index in [1.807, 2.05) is 18.7 Å².